The molecule has 0 aliphatic carbocycles. The average molecular weight is 396 g/mol. The number of thioether (sulfide) groups is 1. The van der Waals surface area contributed by atoms with Gasteiger partial charge < -0.3 is 9.84 Å². The molecule has 6 nitrogen and oxygen atoms in total. The third-order valence-corrected chi connectivity index (χ3v) is 5.31. The molecule has 0 aromatic heterocycles. The number of aliphatic imine (C=N–C) groups is 1. The fraction of sp³-hybridized carbons (Fsp3) is 0.190. The second-order valence-electron chi connectivity index (χ2n) is 6.13. The van der Waals surface area contributed by atoms with E-state index >= 15 is 0 Å². The standard InChI is InChI=1S/C21H20N2O4S/c1-4-23-19(24)18(12-15-7-10-17(27-3)11-13(15)2)28-21(23)22-16-8-5-14(6-9-16)20(25)26/h5-12H,4H2,1-3H3,(H,25,26)/b18-12+,22-21?. The molecule has 1 saturated heterocycles. The van der Waals surface area contributed by atoms with Crippen LogP contribution in [0.25, 0.3) is 6.08 Å². The zero-order chi connectivity index (χ0) is 20.3. The number of ether oxygens (including phenoxy) is 1. The number of rotatable bonds is 5. The molecule has 144 valence electrons. The monoisotopic (exact) mass is 396 g/mol. The molecule has 28 heavy (non-hydrogen) atoms. The van der Waals surface area contributed by atoms with Crippen molar-refractivity contribution in [1.82, 2.24) is 4.90 Å². The Hall–Kier alpha value is -3.06. The van der Waals surface area contributed by atoms with Crippen LogP contribution in [-0.4, -0.2) is 40.7 Å². The topological polar surface area (TPSA) is 79.2 Å². The molecule has 1 aliphatic heterocycles. The summed E-state index contributed by atoms with van der Waals surface area (Å²) in [6.07, 6.45) is 1.86. The Morgan fingerprint density at radius 2 is 1.96 bits per heavy atom. The first-order valence-corrected chi connectivity index (χ1v) is 9.52. The molecule has 1 heterocycles. The SMILES string of the molecule is CCN1C(=O)/C(=C\c2ccc(OC)cc2C)SC1=Nc1ccc(C(=O)O)cc1. The van der Waals surface area contributed by atoms with Crippen LogP contribution in [0.3, 0.4) is 0 Å². The number of nitrogens with zero attached hydrogens (tertiary/aromatic N) is 2. The molecule has 3 rings (SSSR count). The molecular weight excluding hydrogens is 376 g/mol. The van der Waals surface area contributed by atoms with Crippen molar-refractivity contribution >= 4 is 40.6 Å². The van der Waals surface area contributed by atoms with E-state index in [9.17, 15) is 9.59 Å². The summed E-state index contributed by atoms with van der Waals surface area (Å²) in [4.78, 5) is 30.5. The highest BCUT2D eigenvalue weighted by atomic mass is 32.2. The Balaban J connectivity index is 1.91. The number of benzene rings is 2. The summed E-state index contributed by atoms with van der Waals surface area (Å²) in [6.45, 7) is 4.36. The maximum atomic E-state index is 12.8. The lowest BCUT2D eigenvalue weighted by Gasteiger charge is -2.12. The molecule has 0 saturated carbocycles. The van der Waals surface area contributed by atoms with E-state index in [0.717, 1.165) is 16.9 Å². The predicted octanol–water partition coefficient (Wildman–Crippen LogP) is 4.33. The first-order valence-electron chi connectivity index (χ1n) is 8.71. The lowest BCUT2D eigenvalue weighted by molar-refractivity contribution is -0.122. The number of amidine groups is 1. The van der Waals surface area contributed by atoms with Gasteiger partial charge in [0.15, 0.2) is 5.17 Å². The van der Waals surface area contributed by atoms with Gasteiger partial charge in [-0.2, -0.15) is 0 Å². The lowest BCUT2D eigenvalue weighted by atomic mass is 10.1. The van der Waals surface area contributed by atoms with Crippen molar-refractivity contribution in [3.63, 3.8) is 0 Å². The van der Waals surface area contributed by atoms with E-state index in [-0.39, 0.29) is 11.5 Å². The number of hydrogen-bond acceptors (Lipinski definition) is 5. The quantitative estimate of drug-likeness (QED) is 0.761. The average Bonchev–Trinajstić information content (AvgIpc) is 2.98. The first-order chi connectivity index (χ1) is 13.4. The Morgan fingerprint density at radius 1 is 1.25 bits per heavy atom. The third kappa shape index (κ3) is 4.09. The number of carbonyl (C=O) groups excluding carboxylic acids is 1. The Bertz CT molecular complexity index is 980. The predicted molar refractivity (Wildman–Crippen MR) is 111 cm³/mol. The van der Waals surface area contributed by atoms with Crippen molar-refractivity contribution in [3.05, 3.63) is 64.1 Å². The third-order valence-electron chi connectivity index (χ3n) is 4.31. The minimum atomic E-state index is -0.986. The van der Waals surface area contributed by atoms with Gasteiger partial charge in [-0.25, -0.2) is 9.79 Å². The Kier molecular flexibility index (Phi) is 5.84. The molecule has 1 amide bonds. The number of hydrogen-bond donors (Lipinski definition) is 1. The maximum Gasteiger partial charge on any atom is 0.335 e. The maximum absolute atomic E-state index is 12.8. The minimum absolute atomic E-state index is 0.0939. The summed E-state index contributed by atoms with van der Waals surface area (Å²) < 4.78 is 5.23. The van der Waals surface area contributed by atoms with Crippen LogP contribution < -0.4 is 4.74 Å². The number of amides is 1. The van der Waals surface area contributed by atoms with Gasteiger partial charge in [0, 0.05) is 6.54 Å². The lowest BCUT2D eigenvalue weighted by Crippen LogP contribution is -2.28. The number of methoxy groups -OCH3 is 1. The summed E-state index contributed by atoms with van der Waals surface area (Å²) in [7, 11) is 1.62. The zero-order valence-corrected chi connectivity index (χ0v) is 16.6. The van der Waals surface area contributed by atoms with Gasteiger partial charge in [0.1, 0.15) is 5.75 Å². The molecule has 7 heteroatoms. The van der Waals surface area contributed by atoms with Crippen molar-refractivity contribution in [1.29, 1.82) is 0 Å². The summed E-state index contributed by atoms with van der Waals surface area (Å²) in [5, 5.41) is 9.57. The number of carboxylic acid groups (broad SMARTS) is 1. The summed E-state index contributed by atoms with van der Waals surface area (Å²) >= 11 is 1.31. The van der Waals surface area contributed by atoms with Crippen LogP contribution in [0, 0.1) is 6.92 Å². The molecule has 2 aromatic carbocycles. The second kappa shape index (κ2) is 8.31. The molecule has 1 aliphatic rings. The van der Waals surface area contributed by atoms with E-state index < -0.39 is 5.97 Å². The van der Waals surface area contributed by atoms with E-state index in [1.54, 1.807) is 24.1 Å². The Morgan fingerprint density at radius 3 is 2.54 bits per heavy atom. The number of carbonyl (C=O) groups is 2. The van der Waals surface area contributed by atoms with E-state index in [4.69, 9.17) is 9.84 Å². The highest BCUT2D eigenvalue weighted by Gasteiger charge is 2.32. The molecule has 0 bridgehead atoms. The van der Waals surface area contributed by atoms with E-state index in [2.05, 4.69) is 4.99 Å². The first kappa shape index (κ1) is 19.7. The van der Waals surface area contributed by atoms with Crippen LogP contribution in [0.1, 0.15) is 28.4 Å². The van der Waals surface area contributed by atoms with Crippen molar-refractivity contribution < 1.29 is 19.4 Å². The van der Waals surface area contributed by atoms with Crippen LogP contribution in [0.2, 0.25) is 0 Å². The second-order valence-corrected chi connectivity index (χ2v) is 7.14. The molecule has 0 atom stereocenters. The summed E-state index contributed by atoms with van der Waals surface area (Å²) in [5.41, 5.74) is 2.75. The number of aromatic carboxylic acids is 1. The van der Waals surface area contributed by atoms with Gasteiger partial charge >= 0.3 is 5.97 Å². The molecule has 0 radical (unpaired) electrons. The molecular formula is C21H20N2O4S. The molecule has 0 unspecified atom stereocenters. The minimum Gasteiger partial charge on any atom is -0.497 e. The van der Waals surface area contributed by atoms with Crippen molar-refractivity contribution in [2.45, 2.75) is 13.8 Å². The van der Waals surface area contributed by atoms with Crippen LogP contribution in [0.5, 0.6) is 5.75 Å². The normalized spacial score (nSPS) is 16.8. The smallest absolute Gasteiger partial charge is 0.335 e. The highest BCUT2D eigenvalue weighted by molar-refractivity contribution is 8.18. The highest BCUT2D eigenvalue weighted by Crippen LogP contribution is 2.34. The van der Waals surface area contributed by atoms with Crippen molar-refractivity contribution in [2.75, 3.05) is 13.7 Å². The van der Waals surface area contributed by atoms with Gasteiger partial charge in [0.05, 0.1) is 23.3 Å². The fourth-order valence-corrected chi connectivity index (χ4v) is 3.79. The van der Waals surface area contributed by atoms with Gasteiger partial charge in [-0.05, 0) is 79.2 Å². The Labute approximate surface area is 167 Å². The van der Waals surface area contributed by atoms with E-state index in [1.807, 2.05) is 38.1 Å². The van der Waals surface area contributed by atoms with Gasteiger partial charge in [-0.15, -0.1) is 0 Å². The van der Waals surface area contributed by atoms with E-state index in [0.29, 0.717) is 22.3 Å². The van der Waals surface area contributed by atoms with Gasteiger partial charge in [0.2, 0.25) is 0 Å². The van der Waals surface area contributed by atoms with Crippen LogP contribution in [-0.2, 0) is 4.79 Å². The number of aryl methyl sites for hydroxylation is 1. The van der Waals surface area contributed by atoms with Crippen molar-refractivity contribution in [2.24, 2.45) is 4.99 Å². The van der Waals surface area contributed by atoms with Gasteiger partial charge in [-0.3, -0.25) is 9.69 Å². The van der Waals surface area contributed by atoms with Crippen LogP contribution in [0.15, 0.2) is 52.4 Å². The summed E-state index contributed by atoms with van der Waals surface area (Å²) in [6, 6.07) is 12.0. The largest absolute Gasteiger partial charge is 0.497 e. The van der Waals surface area contributed by atoms with Gasteiger partial charge in [-0.1, -0.05) is 6.07 Å². The molecule has 1 fully saturated rings. The number of carboxylic acids is 1. The summed E-state index contributed by atoms with van der Waals surface area (Å²) in [5.74, 6) is -0.309. The number of likely N-dealkylation sites (N-methyl/N-ethyl adjacent to an activating group) is 1. The van der Waals surface area contributed by atoms with E-state index in [1.165, 1.54) is 23.9 Å². The van der Waals surface area contributed by atoms with Gasteiger partial charge in [0.25, 0.3) is 5.91 Å². The molecule has 0 spiro atoms. The fourth-order valence-electron chi connectivity index (χ4n) is 2.74. The molecule has 2 aromatic rings. The molecule has 1 N–H and O–H groups in total. The zero-order valence-electron chi connectivity index (χ0n) is 15.8. The van der Waals surface area contributed by atoms with Crippen LogP contribution >= 0.6 is 11.8 Å². The van der Waals surface area contributed by atoms with Crippen molar-refractivity contribution in [3.8, 4) is 5.75 Å². The van der Waals surface area contributed by atoms with Crippen LogP contribution in [0.4, 0.5) is 5.69 Å².